The van der Waals surface area contributed by atoms with Crippen molar-refractivity contribution in [3.8, 4) is 11.5 Å². The number of phenolic OH excluding ortho intramolecular Hbond substituents is 1. The first-order valence-electron chi connectivity index (χ1n) is 7.96. The molecule has 6 heteroatoms. The van der Waals surface area contributed by atoms with E-state index < -0.39 is 0 Å². The van der Waals surface area contributed by atoms with Crippen LogP contribution in [-0.2, 0) is 17.8 Å². The van der Waals surface area contributed by atoms with Gasteiger partial charge in [0.2, 0.25) is 5.91 Å². The maximum atomic E-state index is 11.8. The van der Waals surface area contributed by atoms with Gasteiger partial charge in [-0.15, -0.1) is 0 Å². The minimum atomic E-state index is -0.248. The highest BCUT2D eigenvalue weighted by Gasteiger charge is 2.17. The van der Waals surface area contributed by atoms with Crippen molar-refractivity contribution in [1.29, 1.82) is 0 Å². The molecule has 0 aliphatic carbocycles. The number of carbonyl (C=O) groups is 1. The van der Waals surface area contributed by atoms with E-state index in [1.54, 1.807) is 19.2 Å². The van der Waals surface area contributed by atoms with Crippen LogP contribution in [0.3, 0.4) is 0 Å². The summed E-state index contributed by atoms with van der Waals surface area (Å²) in [5.41, 5.74) is 6.06. The van der Waals surface area contributed by atoms with Gasteiger partial charge in [-0.1, -0.05) is 12.1 Å². The number of nitrogens with two attached hydrogens (primary N) is 1. The van der Waals surface area contributed by atoms with Crippen LogP contribution in [0.2, 0.25) is 0 Å². The van der Waals surface area contributed by atoms with Gasteiger partial charge >= 0.3 is 0 Å². The van der Waals surface area contributed by atoms with Gasteiger partial charge in [0.05, 0.1) is 13.5 Å². The van der Waals surface area contributed by atoms with E-state index in [9.17, 15) is 9.90 Å². The highest BCUT2D eigenvalue weighted by molar-refractivity contribution is 5.91. The Hall–Kier alpha value is -2.99. The second-order valence-corrected chi connectivity index (χ2v) is 5.95. The van der Waals surface area contributed by atoms with Crippen LogP contribution >= 0.6 is 0 Å². The molecule has 25 heavy (non-hydrogen) atoms. The lowest BCUT2D eigenvalue weighted by Gasteiger charge is -2.10. The van der Waals surface area contributed by atoms with Crippen molar-refractivity contribution in [3.63, 3.8) is 0 Å². The largest absolute Gasteiger partial charge is 0.508 e. The van der Waals surface area contributed by atoms with E-state index in [0.717, 1.165) is 33.5 Å². The average Bonchev–Trinajstić information content (AvgIpc) is 2.86. The minimum absolute atomic E-state index is 0.193. The topological polar surface area (TPSA) is 89.5 Å². The number of rotatable bonds is 5. The lowest BCUT2D eigenvalue weighted by atomic mass is 10.1. The van der Waals surface area contributed by atoms with Gasteiger partial charge in [0, 0.05) is 23.1 Å². The molecule has 6 nitrogen and oxygen atoms in total. The summed E-state index contributed by atoms with van der Waals surface area (Å²) in [7, 11) is 1.62. The number of nitrogens with zero attached hydrogens (tertiary/aromatic N) is 1. The molecule has 0 radical (unpaired) electrons. The van der Waals surface area contributed by atoms with Crippen LogP contribution in [0.5, 0.6) is 11.5 Å². The number of hydrogen-bond donors (Lipinski definition) is 3. The molecule has 0 aliphatic heterocycles. The zero-order valence-electron chi connectivity index (χ0n) is 14.2. The number of aromatic nitrogens is 1. The molecule has 3 rings (SSSR count). The number of nitrogens with one attached hydrogen (secondary N) is 1. The van der Waals surface area contributed by atoms with Crippen LogP contribution < -0.4 is 16.0 Å². The zero-order chi connectivity index (χ0) is 18.0. The van der Waals surface area contributed by atoms with Gasteiger partial charge in [-0.05, 0) is 48.4 Å². The van der Waals surface area contributed by atoms with Crippen LogP contribution in [0.4, 0.5) is 0 Å². The third-order valence-electron chi connectivity index (χ3n) is 4.41. The van der Waals surface area contributed by atoms with Crippen LogP contribution in [0.25, 0.3) is 10.9 Å². The Labute approximate surface area is 145 Å². The van der Waals surface area contributed by atoms with Gasteiger partial charge in [0.1, 0.15) is 11.5 Å². The predicted molar refractivity (Wildman–Crippen MR) is 96.5 cm³/mol. The standard InChI is InChI=1S/C19H21N3O3/c1-12-16(10-19(24)21-20)17-9-15(25-2)6-7-18(17)22(12)11-13-4-3-5-14(23)8-13/h3-9,23H,10-11,20H2,1-2H3,(H,21,24). The number of amides is 1. The van der Waals surface area contributed by atoms with Gasteiger partial charge in [-0.2, -0.15) is 0 Å². The summed E-state index contributed by atoms with van der Waals surface area (Å²) in [4.78, 5) is 11.8. The molecule has 0 fully saturated rings. The third kappa shape index (κ3) is 3.29. The molecule has 0 atom stereocenters. The fourth-order valence-corrected chi connectivity index (χ4v) is 3.13. The van der Waals surface area contributed by atoms with Gasteiger partial charge in [0.15, 0.2) is 0 Å². The Morgan fingerprint density at radius 2 is 2.08 bits per heavy atom. The van der Waals surface area contributed by atoms with Crippen molar-refractivity contribution in [1.82, 2.24) is 9.99 Å². The molecule has 1 aromatic heterocycles. The number of ether oxygens (including phenoxy) is 1. The van der Waals surface area contributed by atoms with E-state index in [1.807, 2.05) is 37.3 Å². The molecule has 0 aliphatic rings. The molecule has 4 N–H and O–H groups in total. The highest BCUT2D eigenvalue weighted by Crippen LogP contribution is 2.30. The Bertz CT molecular complexity index is 931. The number of hydrazine groups is 1. The monoisotopic (exact) mass is 339 g/mol. The fraction of sp³-hybridized carbons (Fsp3) is 0.211. The smallest absolute Gasteiger partial charge is 0.238 e. The van der Waals surface area contributed by atoms with Crippen LogP contribution in [0.1, 0.15) is 16.8 Å². The van der Waals surface area contributed by atoms with Crippen LogP contribution in [-0.4, -0.2) is 22.7 Å². The minimum Gasteiger partial charge on any atom is -0.508 e. The first-order chi connectivity index (χ1) is 12.0. The van der Waals surface area contributed by atoms with Gasteiger partial charge in [-0.3, -0.25) is 10.2 Å². The predicted octanol–water partition coefficient (Wildman–Crippen LogP) is 2.24. The van der Waals surface area contributed by atoms with Crippen LogP contribution in [0, 0.1) is 6.92 Å². The zero-order valence-corrected chi connectivity index (χ0v) is 14.2. The summed E-state index contributed by atoms with van der Waals surface area (Å²) in [6.45, 7) is 2.57. The summed E-state index contributed by atoms with van der Waals surface area (Å²) in [6, 6.07) is 13.0. The van der Waals surface area contributed by atoms with Crippen molar-refractivity contribution in [2.45, 2.75) is 19.9 Å². The molecule has 1 heterocycles. The van der Waals surface area contributed by atoms with E-state index in [4.69, 9.17) is 10.6 Å². The third-order valence-corrected chi connectivity index (χ3v) is 4.41. The van der Waals surface area contributed by atoms with E-state index in [0.29, 0.717) is 6.54 Å². The molecular formula is C19H21N3O3. The summed E-state index contributed by atoms with van der Waals surface area (Å²) >= 11 is 0. The van der Waals surface area contributed by atoms with Crippen LogP contribution in [0.15, 0.2) is 42.5 Å². The molecule has 0 saturated heterocycles. The summed E-state index contributed by atoms with van der Waals surface area (Å²) in [5, 5.41) is 10.7. The van der Waals surface area contributed by atoms with Gasteiger partial charge < -0.3 is 14.4 Å². The van der Waals surface area contributed by atoms with Gasteiger partial charge in [0.25, 0.3) is 0 Å². The number of fused-ring (bicyclic) bond motifs is 1. The molecule has 0 spiro atoms. The second-order valence-electron chi connectivity index (χ2n) is 5.95. The summed E-state index contributed by atoms with van der Waals surface area (Å²) in [5.74, 6) is 5.98. The first kappa shape index (κ1) is 16.9. The molecule has 130 valence electrons. The number of methoxy groups -OCH3 is 1. The molecule has 2 aromatic carbocycles. The van der Waals surface area contributed by atoms with E-state index in [-0.39, 0.29) is 18.1 Å². The number of benzene rings is 2. The quantitative estimate of drug-likeness (QED) is 0.378. The Kier molecular flexibility index (Phi) is 4.63. The number of hydrogen-bond acceptors (Lipinski definition) is 4. The lowest BCUT2D eigenvalue weighted by Crippen LogP contribution is -2.31. The van der Waals surface area contributed by atoms with E-state index in [1.165, 1.54) is 0 Å². The fourth-order valence-electron chi connectivity index (χ4n) is 3.13. The van der Waals surface area contributed by atoms with E-state index in [2.05, 4.69) is 9.99 Å². The number of phenols is 1. The molecular weight excluding hydrogens is 318 g/mol. The van der Waals surface area contributed by atoms with Crippen molar-refractivity contribution in [2.75, 3.05) is 7.11 Å². The molecule has 0 saturated carbocycles. The van der Waals surface area contributed by atoms with Crippen molar-refractivity contribution in [2.24, 2.45) is 5.84 Å². The highest BCUT2D eigenvalue weighted by atomic mass is 16.5. The second kappa shape index (κ2) is 6.86. The van der Waals surface area contributed by atoms with Crippen molar-refractivity contribution < 1.29 is 14.6 Å². The SMILES string of the molecule is COc1ccc2c(c1)c(CC(=O)NN)c(C)n2Cc1cccc(O)c1. The lowest BCUT2D eigenvalue weighted by molar-refractivity contribution is -0.120. The Morgan fingerprint density at radius 3 is 2.76 bits per heavy atom. The van der Waals surface area contributed by atoms with Crippen molar-refractivity contribution >= 4 is 16.8 Å². The Morgan fingerprint density at radius 1 is 1.28 bits per heavy atom. The average molecular weight is 339 g/mol. The Balaban J connectivity index is 2.14. The van der Waals surface area contributed by atoms with E-state index >= 15 is 0 Å². The van der Waals surface area contributed by atoms with Crippen molar-refractivity contribution in [3.05, 3.63) is 59.3 Å². The normalized spacial score (nSPS) is 10.8. The maximum Gasteiger partial charge on any atom is 0.238 e. The number of aromatic hydroxyl groups is 1. The molecule has 3 aromatic rings. The van der Waals surface area contributed by atoms with Gasteiger partial charge in [-0.25, -0.2) is 5.84 Å². The number of carbonyl (C=O) groups excluding carboxylic acids is 1. The molecule has 0 bridgehead atoms. The summed E-state index contributed by atoms with van der Waals surface area (Å²) in [6.07, 6.45) is 0.193. The first-order valence-corrected chi connectivity index (χ1v) is 7.96. The molecule has 1 amide bonds. The molecule has 0 unspecified atom stereocenters. The summed E-state index contributed by atoms with van der Waals surface area (Å²) < 4.78 is 7.45. The maximum absolute atomic E-state index is 11.8.